The summed E-state index contributed by atoms with van der Waals surface area (Å²) >= 11 is 0. The fourth-order valence-corrected chi connectivity index (χ4v) is 3.03. The molecule has 1 amide bonds. The van der Waals surface area contributed by atoms with Crippen LogP contribution in [0.1, 0.15) is 21.5 Å². The summed E-state index contributed by atoms with van der Waals surface area (Å²) in [6.45, 7) is 1.63. The van der Waals surface area contributed by atoms with Gasteiger partial charge in [-0.1, -0.05) is 24.3 Å². The predicted molar refractivity (Wildman–Crippen MR) is 105 cm³/mol. The van der Waals surface area contributed by atoms with Gasteiger partial charge in [0.1, 0.15) is 5.82 Å². The molecular formula is C22H18F4N2O. The van der Waals surface area contributed by atoms with Crippen LogP contribution in [0.15, 0.2) is 66.7 Å². The standard InChI is InChI=1S/C22H18F4N2O/c1-14-6-5-8-18(23)20(14)21(29)27-15-10-12-16(13-11-15)28(2)19-9-4-3-7-17(19)22(24,25)26/h3-13H,1-2H3,(H,27,29). The number of alkyl halides is 3. The molecule has 0 aromatic heterocycles. The molecular weight excluding hydrogens is 384 g/mol. The number of para-hydroxylation sites is 1. The molecule has 0 aliphatic carbocycles. The van der Waals surface area contributed by atoms with Crippen molar-refractivity contribution >= 4 is 23.0 Å². The van der Waals surface area contributed by atoms with Crippen molar-refractivity contribution in [3.63, 3.8) is 0 Å². The van der Waals surface area contributed by atoms with Crippen LogP contribution in [0.3, 0.4) is 0 Å². The van der Waals surface area contributed by atoms with Crippen LogP contribution >= 0.6 is 0 Å². The minimum atomic E-state index is -4.48. The first-order valence-electron chi connectivity index (χ1n) is 8.75. The summed E-state index contributed by atoms with van der Waals surface area (Å²) in [7, 11) is 1.53. The van der Waals surface area contributed by atoms with E-state index in [0.717, 1.165) is 6.07 Å². The van der Waals surface area contributed by atoms with E-state index in [1.807, 2.05) is 0 Å². The summed E-state index contributed by atoms with van der Waals surface area (Å²) in [5, 5.41) is 2.60. The number of nitrogens with zero attached hydrogens (tertiary/aromatic N) is 1. The summed E-state index contributed by atoms with van der Waals surface area (Å²) in [6.07, 6.45) is -4.48. The highest BCUT2D eigenvalue weighted by Crippen LogP contribution is 2.38. The highest BCUT2D eigenvalue weighted by molar-refractivity contribution is 6.05. The number of carbonyl (C=O) groups excluding carboxylic acids is 1. The van der Waals surface area contributed by atoms with E-state index in [1.165, 1.54) is 42.3 Å². The first-order chi connectivity index (χ1) is 13.7. The van der Waals surface area contributed by atoms with Gasteiger partial charge in [0, 0.05) is 18.4 Å². The summed E-state index contributed by atoms with van der Waals surface area (Å²) in [5.74, 6) is -1.22. The van der Waals surface area contributed by atoms with Gasteiger partial charge in [-0.05, 0) is 55.0 Å². The van der Waals surface area contributed by atoms with E-state index < -0.39 is 23.5 Å². The zero-order valence-electron chi connectivity index (χ0n) is 15.7. The Morgan fingerprint density at radius 2 is 1.59 bits per heavy atom. The first kappa shape index (κ1) is 20.4. The van der Waals surface area contributed by atoms with Crippen LogP contribution in [0.5, 0.6) is 0 Å². The summed E-state index contributed by atoms with van der Waals surface area (Å²) in [5.41, 5.74) is 0.629. The van der Waals surface area contributed by atoms with E-state index in [1.54, 1.807) is 37.3 Å². The highest BCUT2D eigenvalue weighted by atomic mass is 19.4. The second kappa shape index (κ2) is 7.95. The van der Waals surface area contributed by atoms with E-state index in [-0.39, 0.29) is 11.3 Å². The number of hydrogen-bond donors (Lipinski definition) is 1. The van der Waals surface area contributed by atoms with Crippen LogP contribution in [-0.2, 0) is 6.18 Å². The molecule has 0 saturated heterocycles. The smallest absolute Gasteiger partial charge is 0.344 e. The first-order valence-corrected chi connectivity index (χ1v) is 8.75. The van der Waals surface area contributed by atoms with Gasteiger partial charge in [-0.25, -0.2) is 4.39 Å². The van der Waals surface area contributed by atoms with Crippen LogP contribution in [0.25, 0.3) is 0 Å². The van der Waals surface area contributed by atoms with Crippen LogP contribution < -0.4 is 10.2 Å². The largest absolute Gasteiger partial charge is 0.418 e. The van der Waals surface area contributed by atoms with Gasteiger partial charge in [0.05, 0.1) is 16.8 Å². The molecule has 29 heavy (non-hydrogen) atoms. The molecule has 0 bridgehead atoms. The molecule has 0 atom stereocenters. The van der Waals surface area contributed by atoms with Crippen LogP contribution in [-0.4, -0.2) is 13.0 Å². The van der Waals surface area contributed by atoms with Gasteiger partial charge in [-0.3, -0.25) is 4.79 Å². The zero-order chi connectivity index (χ0) is 21.2. The number of rotatable bonds is 4. The lowest BCUT2D eigenvalue weighted by Crippen LogP contribution is -2.17. The molecule has 1 N–H and O–H groups in total. The number of halogens is 4. The lowest BCUT2D eigenvalue weighted by Gasteiger charge is -2.23. The molecule has 0 heterocycles. The van der Waals surface area contributed by atoms with Crippen molar-refractivity contribution in [2.45, 2.75) is 13.1 Å². The molecule has 3 nitrogen and oxygen atoms in total. The van der Waals surface area contributed by atoms with Gasteiger partial charge < -0.3 is 10.2 Å². The molecule has 0 saturated carbocycles. The Morgan fingerprint density at radius 3 is 2.21 bits per heavy atom. The Bertz CT molecular complexity index is 1010. The van der Waals surface area contributed by atoms with E-state index >= 15 is 0 Å². The van der Waals surface area contributed by atoms with Crippen LogP contribution in [0.2, 0.25) is 0 Å². The number of carbonyl (C=O) groups is 1. The fourth-order valence-electron chi connectivity index (χ4n) is 3.03. The van der Waals surface area contributed by atoms with Gasteiger partial charge in [0.25, 0.3) is 5.91 Å². The minimum Gasteiger partial charge on any atom is -0.344 e. The second-order valence-corrected chi connectivity index (χ2v) is 6.51. The van der Waals surface area contributed by atoms with Crippen molar-refractivity contribution in [1.29, 1.82) is 0 Å². The summed E-state index contributed by atoms with van der Waals surface area (Å²) < 4.78 is 53.7. The van der Waals surface area contributed by atoms with Crippen molar-refractivity contribution in [2.24, 2.45) is 0 Å². The van der Waals surface area contributed by atoms with Crippen LogP contribution in [0.4, 0.5) is 34.6 Å². The maximum absolute atomic E-state index is 13.9. The molecule has 0 unspecified atom stereocenters. The summed E-state index contributed by atoms with van der Waals surface area (Å²) in [4.78, 5) is 13.8. The molecule has 0 aliphatic heterocycles. The van der Waals surface area contributed by atoms with E-state index in [4.69, 9.17) is 0 Å². The van der Waals surface area contributed by atoms with Crippen LogP contribution in [0, 0.1) is 12.7 Å². The third kappa shape index (κ3) is 4.39. The Hall–Kier alpha value is -3.35. The average molecular weight is 402 g/mol. The van der Waals surface area contributed by atoms with Gasteiger partial charge in [-0.2, -0.15) is 13.2 Å². The molecule has 0 spiro atoms. The maximum Gasteiger partial charge on any atom is 0.418 e. The third-order valence-electron chi connectivity index (χ3n) is 4.53. The van der Waals surface area contributed by atoms with Gasteiger partial charge in [0.15, 0.2) is 0 Å². The summed E-state index contributed by atoms with van der Waals surface area (Å²) in [6, 6.07) is 15.9. The van der Waals surface area contributed by atoms with Crippen molar-refractivity contribution in [3.8, 4) is 0 Å². The SMILES string of the molecule is Cc1cccc(F)c1C(=O)Nc1ccc(N(C)c2ccccc2C(F)(F)F)cc1. The number of amides is 1. The molecule has 3 aromatic carbocycles. The zero-order valence-corrected chi connectivity index (χ0v) is 15.7. The lowest BCUT2D eigenvalue weighted by atomic mass is 10.1. The van der Waals surface area contributed by atoms with Gasteiger partial charge in [0.2, 0.25) is 0 Å². The van der Waals surface area contributed by atoms with E-state index in [0.29, 0.717) is 16.9 Å². The van der Waals surface area contributed by atoms with Crippen molar-refractivity contribution in [1.82, 2.24) is 0 Å². The average Bonchev–Trinajstić information content (AvgIpc) is 2.67. The molecule has 0 radical (unpaired) electrons. The van der Waals surface area contributed by atoms with Gasteiger partial charge in [-0.15, -0.1) is 0 Å². The number of anilines is 3. The highest BCUT2D eigenvalue weighted by Gasteiger charge is 2.34. The Labute approximate surface area is 165 Å². The molecule has 7 heteroatoms. The maximum atomic E-state index is 13.9. The molecule has 0 fully saturated rings. The fraction of sp³-hybridized carbons (Fsp3) is 0.136. The van der Waals surface area contributed by atoms with Crippen molar-refractivity contribution < 1.29 is 22.4 Å². The quantitative estimate of drug-likeness (QED) is 0.529. The monoisotopic (exact) mass is 402 g/mol. The number of hydrogen-bond acceptors (Lipinski definition) is 2. The topological polar surface area (TPSA) is 32.3 Å². The molecule has 150 valence electrons. The second-order valence-electron chi connectivity index (χ2n) is 6.51. The van der Waals surface area contributed by atoms with Crippen molar-refractivity contribution in [2.75, 3.05) is 17.3 Å². The number of benzene rings is 3. The number of aryl methyl sites for hydroxylation is 1. The predicted octanol–water partition coefficient (Wildman–Crippen LogP) is 6.17. The molecule has 3 rings (SSSR count). The molecule has 0 aliphatic rings. The Balaban J connectivity index is 1.82. The lowest BCUT2D eigenvalue weighted by molar-refractivity contribution is -0.137. The van der Waals surface area contributed by atoms with Crippen molar-refractivity contribution in [3.05, 3.63) is 89.2 Å². The Morgan fingerprint density at radius 1 is 0.931 bits per heavy atom. The minimum absolute atomic E-state index is 0.0127. The number of nitrogens with one attached hydrogen (secondary N) is 1. The molecule has 3 aromatic rings. The Kier molecular flexibility index (Phi) is 5.59. The normalized spacial score (nSPS) is 11.2. The van der Waals surface area contributed by atoms with E-state index in [9.17, 15) is 22.4 Å². The third-order valence-corrected chi connectivity index (χ3v) is 4.53. The van der Waals surface area contributed by atoms with E-state index in [2.05, 4.69) is 5.32 Å². The van der Waals surface area contributed by atoms with Gasteiger partial charge >= 0.3 is 6.18 Å².